The minimum absolute atomic E-state index is 0.179. The van der Waals surface area contributed by atoms with Gasteiger partial charge in [0.15, 0.2) is 0 Å². The molecule has 21 heavy (non-hydrogen) atoms. The van der Waals surface area contributed by atoms with Crippen molar-refractivity contribution in [2.24, 2.45) is 13.0 Å². The molecule has 5 nitrogen and oxygen atoms in total. The van der Waals surface area contributed by atoms with Crippen LogP contribution in [0.3, 0.4) is 0 Å². The van der Waals surface area contributed by atoms with Crippen LogP contribution in [-0.4, -0.2) is 22.3 Å². The van der Waals surface area contributed by atoms with Crippen molar-refractivity contribution >= 4 is 5.97 Å². The molecule has 112 valence electrons. The zero-order valence-corrected chi connectivity index (χ0v) is 12.5. The van der Waals surface area contributed by atoms with E-state index in [1.807, 2.05) is 55.1 Å². The number of hydrogen-bond donors (Lipinski definition) is 1. The van der Waals surface area contributed by atoms with E-state index >= 15 is 0 Å². The van der Waals surface area contributed by atoms with Crippen molar-refractivity contribution in [3.63, 3.8) is 0 Å². The smallest absolute Gasteiger partial charge is 0.310 e. The van der Waals surface area contributed by atoms with Gasteiger partial charge in [-0.15, -0.1) is 0 Å². The van der Waals surface area contributed by atoms with Gasteiger partial charge in [0.05, 0.1) is 11.6 Å². The molecule has 0 saturated heterocycles. The van der Waals surface area contributed by atoms with Gasteiger partial charge >= 0.3 is 5.97 Å². The lowest BCUT2D eigenvalue weighted by Crippen LogP contribution is -2.28. The van der Waals surface area contributed by atoms with Crippen LogP contribution in [0.5, 0.6) is 0 Å². The second-order valence-electron chi connectivity index (χ2n) is 5.07. The molecule has 0 saturated carbocycles. The van der Waals surface area contributed by atoms with Crippen molar-refractivity contribution in [3.8, 4) is 0 Å². The van der Waals surface area contributed by atoms with Gasteiger partial charge < -0.3 is 10.1 Å². The average molecular weight is 287 g/mol. The number of hydrogen-bond acceptors (Lipinski definition) is 4. The number of ether oxygens (including phenoxy) is 1. The second-order valence-corrected chi connectivity index (χ2v) is 5.07. The summed E-state index contributed by atoms with van der Waals surface area (Å²) in [4.78, 5) is 11.9. The standard InChI is InChI=1S/C16H21N3O2/c1-13(10-17-11-15-8-9-18-19(15)2)16(20)21-12-14-6-4-3-5-7-14/h3-9,13,17H,10-12H2,1-2H3. The van der Waals surface area contributed by atoms with E-state index in [-0.39, 0.29) is 11.9 Å². The predicted octanol–water partition coefficient (Wildman–Crippen LogP) is 1.89. The fourth-order valence-electron chi connectivity index (χ4n) is 1.95. The lowest BCUT2D eigenvalue weighted by Gasteiger charge is -2.12. The summed E-state index contributed by atoms with van der Waals surface area (Å²) in [5.74, 6) is -0.363. The maximum Gasteiger partial charge on any atom is 0.310 e. The zero-order valence-electron chi connectivity index (χ0n) is 12.5. The lowest BCUT2D eigenvalue weighted by atomic mass is 10.2. The molecule has 0 radical (unpaired) electrons. The normalized spacial score (nSPS) is 12.1. The molecule has 0 aliphatic rings. The number of rotatable bonds is 7. The molecule has 1 atom stereocenters. The van der Waals surface area contributed by atoms with E-state index in [2.05, 4.69) is 10.4 Å². The Morgan fingerprint density at radius 3 is 2.76 bits per heavy atom. The van der Waals surface area contributed by atoms with E-state index in [9.17, 15) is 4.79 Å². The molecule has 0 spiro atoms. The minimum atomic E-state index is -0.184. The van der Waals surface area contributed by atoms with Crippen molar-refractivity contribution < 1.29 is 9.53 Å². The summed E-state index contributed by atoms with van der Waals surface area (Å²) in [6.07, 6.45) is 1.76. The molecule has 0 aliphatic heterocycles. The highest BCUT2D eigenvalue weighted by atomic mass is 16.5. The van der Waals surface area contributed by atoms with Gasteiger partial charge in [-0.25, -0.2) is 0 Å². The molecule has 1 N–H and O–H groups in total. The Kier molecular flexibility index (Phi) is 5.51. The molecule has 0 amide bonds. The van der Waals surface area contributed by atoms with E-state index < -0.39 is 0 Å². The van der Waals surface area contributed by atoms with Gasteiger partial charge in [0.25, 0.3) is 0 Å². The third-order valence-corrected chi connectivity index (χ3v) is 3.31. The van der Waals surface area contributed by atoms with Crippen LogP contribution in [0.15, 0.2) is 42.6 Å². The summed E-state index contributed by atoms with van der Waals surface area (Å²) in [5, 5.41) is 7.34. The first-order valence-corrected chi connectivity index (χ1v) is 7.05. The Morgan fingerprint density at radius 2 is 2.10 bits per heavy atom. The Hall–Kier alpha value is -2.14. The molecule has 0 bridgehead atoms. The highest BCUT2D eigenvalue weighted by Crippen LogP contribution is 2.05. The topological polar surface area (TPSA) is 56.2 Å². The van der Waals surface area contributed by atoms with Gasteiger partial charge in [-0.05, 0) is 11.6 Å². The summed E-state index contributed by atoms with van der Waals surface area (Å²) in [5.41, 5.74) is 2.08. The SMILES string of the molecule is CC(CNCc1ccnn1C)C(=O)OCc1ccccc1. The summed E-state index contributed by atoms with van der Waals surface area (Å²) < 4.78 is 7.12. The van der Waals surface area contributed by atoms with E-state index in [0.717, 1.165) is 11.3 Å². The van der Waals surface area contributed by atoms with E-state index in [4.69, 9.17) is 4.74 Å². The lowest BCUT2D eigenvalue weighted by molar-refractivity contribution is -0.149. The van der Waals surface area contributed by atoms with Crippen molar-refractivity contribution in [3.05, 3.63) is 53.9 Å². The third-order valence-electron chi connectivity index (χ3n) is 3.31. The fourth-order valence-corrected chi connectivity index (χ4v) is 1.95. The molecular weight excluding hydrogens is 266 g/mol. The van der Waals surface area contributed by atoms with Crippen molar-refractivity contribution in [2.45, 2.75) is 20.1 Å². The summed E-state index contributed by atoms with van der Waals surface area (Å²) in [6, 6.07) is 11.6. The molecule has 5 heteroatoms. The Bertz CT molecular complexity index is 566. The molecule has 0 aliphatic carbocycles. The van der Waals surface area contributed by atoms with Gasteiger partial charge in [-0.2, -0.15) is 5.10 Å². The molecule has 1 unspecified atom stereocenters. The minimum Gasteiger partial charge on any atom is -0.461 e. The summed E-state index contributed by atoms with van der Waals surface area (Å²) >= 11 is 0. The molecule has 2 aromatic rings. The van der Waals surface area contributed by atoms with Crippen LogP contribution in [0.1, 0.15) is 18.2 Å². The van der Waals surface area contributed by atoms with Crippen LogP contribution in [0.2, 0.25) is 0 Å². The van der Waals surface area contributed by atoms with Gasteiger partial charge in [0.1, 0.15) is 6.61 Å². The highest BCUT2D eigenvalue weighted by molar-refractivity contribution is 5.72. The highest BCUT2D eigenvalue weighted by Gasteiger charge is 2.14. The molecular formula is C16H21N3O2. The Labute approximate surface area is 124 Å². The number of carbonyl (C=O) groups excluding carboxylic acids is 1. The van der Waals surface area contributed by atoms with Crippen LogP contribution < -0.4 is 5.32 Å². The van der Waals surface area contributed by atoms with Crippen LogP contribution in [0.25, 0.3) is 0 Å². The number of esters is 1. The molecule has 0 fully saturated rings. The first-order valence-electron chi connectivity index (χ1n) is 7.05. The zero-order chi connectivity index (χ0) is 15.1. The number of nitrogens with one attached hydrogen (secondary N) is 1. The maximum absolute atomic E-state index is 11.9. The second kappa shape index (κ2) is 7.59. The first-order chi connectivity index (χ1) is 10.2. The van der Waals surface area contributed by atoms with Crippen molar-refractivity contribution in [2.75, 3.05) is 6.54 Å². The van der Waals surface area contributed by atoms with Gasteiger partial charge in [0.2, 0.25) is 0 Å². The molecule has 2 rings (SSSR count). The number of carbonyl (C=O) groups is 1. The number of benzene rings is 1. The monoisotopic (exact) mass is 287 g/mol. The maximum atomic E-state index is 11.9. The van der Waals surface area contributed by atoms with Crippen LogP contribution in [0.4, 0.5) is 0 Å². The van der Waals surface area contributed by atoms with Crippen LogP contribution in [0, 0.1) is 5.92 Å². The number of aryl methyl sites for hydroxylation is 1. The summed E-state index contributed by atoms with van der Waals surface area (Å²) in [7, 11) is 1.90. The number of nitrogens with zero attached hydrogens (tertiary/aromatic N) is 2. The Balaban J connectivity index is 1.69. The van der Waals surface area contributed by atoms with E-state index in [1.54, 1.807) is 6.20 Å². The summed E-state index contributed by atoms with van der Waals surface area (Å²) in [6.45, 7) is 3.46. The predicted molar refractivity (Wildman–Crippen MR) is 80.3 cm³/mol. The van der Waals surface area contributed by atoms with Gasteiger partial charge in [-0.1, -0.05) is 37.3 Å². The molecule has 1 aromatic carbocycles. The van der Waals surface area contributed by atoms with Gasteiger partial charge in [0, 0.05) is 26.3 Å². The third kappa shape index (κ3) is 4.72. The quantitative estimate of drug-likeness (QED) is 0.790. The van der Waals surface area contributed by atoms with E-state index in [0.29, 0.717) is 19.7 Å². The van der Waals surface area contributed by atoms with Crippen molar-refractivity contribution in [1.29, 1.82) is 0 Å². The van der Waals surface area contributed by atoms with Crippen LogP contribution >= 0.6 is 0 Å². The van der Waals surface area contributed by atoms with Crippen LogP contribution in [-0.2, 0) is 29.7 Å². The van der Waals surface area contributed by atoms with E-state index in [1.165, 1.54) is 0 Å². The number of aromatic nitrogens is 2. The molecule has 1 heterocycles. The largest absolute Gasteiger partial charge is 0.461 e. The van der Waals surface area contributed by atoms with Gasteiger partial charge in [-0.3, -0.25) is 9.48 Å². The average Bonchev–Trinajstić information content (AvgIpc) is 2.91. The fraction of sp³-hybridized carbons (Fsp3) is 0.375. The Morgan fingerprint density at radius 1 is 1.33 bits per heavy atom. The van der Waals surface area contributed by atoms with Crippen molar-refractivity contribution in [1.82, 2.24) is 15.1 Å². The molecule has 1 aromatic heterocycles. The first kappa shape index (κ1) is 15.3.